The third kappa shape index (κ3) is 4.27. The van der Waals surface area contributed by atoms with Crippen molar-refractivity contribution in [2.45, 2.75) is 33.4 Å². The zero-order valence-corrected chi connectivity index (χ0v) is 12.9. The van der Waals surface area contributed by atoms with Gasteiger partial charge in [-0.25, -0.2) is 0 Å². The molecule has 0 amide bonds. The van der Waals surface area contributed by atoms with Crippen LogP contribution in [0.2, 0.25) is 0 Å². The van der Waals surface area contributed by atoms with Gasteiger partial charge >= 0.3 is 0 Å². The van der Waals surface area contributed by atoms with E-state index in [1.165, 1.54) is 0 Å². The third-order valence-corrected chi connectivity index (χ3v) is 3.49. The van der Waals surface area contributed by atoms with Crippen LogP contribution in [0.25, 0.3) is 0 Å². The summed E-state index contributed by atoms with van der Waals surface area (Å²) < 4.78 is 2.94. The van der Waals surface area contributed by atoms with Crippen LogP contribution in [0, 0.1) is 0 Å². The molecule has 0 atom stereocenters. The Balaban J connectivity index is 2.57. The molecule has 1 N–H and O–H groups in total. The number of aromatic nitrogens is 2. The second-order valence-corrected chi connectivity index (χ2v) is 5.11. The Kier molecular flexibility index (Phi) is 5.91. The fraction of sp³-hybridized carbons (Fsp3) is 0.636. The number of nitrogens with one attached hydrogen (secondary N) is 1. The van der Waals surface area contributed by atoms with Gasteiger partial charge in [0.2, 0.25) is 0 Å². The average molecular weight is 319 g/mol. The molecule has 0 spiro atoms. The van der Waals surface area contributed by atoms with E-state index in [2.05, 4.69) is 40.2 Å². The number of nitrogens with zero attached hydrogens (tertiary/aromatic N) is 3. The van der Waals surface area contributed by atoms with E-state index in [-0.39, 0.29) is 0 Å². The molecular weight excluding hydrogens is 300 g/mol. The molecule has 0 aliphatic heterocycles. The first-order chi connectivity index (χ1) is 8.08. The largest absolute Gasteiger partial charge is 0.363 e. The van der Waals surface area contributed by atoms with Gasteiger partial charge in [0.05, 0.1) is 16.7 Å². The molecule has 0 saturated heterocycles. The Morgan fingerprint density at radius 2 is 2.29 bits per heavy atom. The second-order valence-electron chi connectivity index (χ2n) is 3.87. The number of halogens is 1. The zero-order chi connectivity index (χ0) is 12.8. The van der Waals surface area contributed by atoms with Crippen LogP contribution in [0.4, 0.5) is 0 Å². The summed E-state index contributed by atoms with van der Waals surface area (Å²) in [5, 5.41) is 8.44. The van der Waals surface area contributed by atoms with Crippen molar-refractivity contribution in [3.05, 3.63) is 16.4 Å². The molecule has 6 heteroatoms. The van der Waals surface area contributed by atoms with E-state index in [1.54, 1.807) is 0 Å². The number of hydrogen-bond acceptors (Lipinski definition) is 2. The fourth-order valence-electron chi connectivity index (χ4n) is 1.37. The first-order valence-corrected chi connectivity index (χ1v) is 6.99. The molecule has 1 aromatic rings. The third-order valence-electron chi connectivity index (χ3n) is 2.37. The Hall–Kier alpha value is -0.620. The van der Waals surface area contributed by atoms with Crippen molar-refractivity contribution in [1.29, 1.82) is 0 Å². The summed E-state index contributed by atoms with van der Waals surface area (Å²) in [5.41, 5.74) is 1.01. The predicted molar refractivity (Wildman–Crippen MR) is 78.0 cm³/mol. The molecule has 0 radical (unpaired) electrons. The van der Waals surface area contributed by atoms with E-state index in [4.69, 9.17) is 12.2 Å². The van der Waals surface area contributed by atoms with E-state index in [9.17, 15) is 0 Å². The van der Waals surface area contributed by atoms with Crippen molar-refractivity contribution < 1.29 is 0 Å². The number of rotatable bonds is 5. The minimum Gasteiger partial charge on any atom is -0.363 e. The first-order valence-electron chi connectivity index (χ1n) is 5.79. The van der Waals surface area contributed by atoms with Crippen LogP contribution in [0.1, 0.15) is 26.0 Å². The van der Waals surface area contributed by atoms with Crippen LogP contribution >= 0.6 is 28.1 Å². The van der Waals surface area contributed by atoms with Crippen LogP contribution < -0.4 is 5.32 Å². The smallest absolute Gasteiger partial charge is 0.169 e. The van der Waals surface area contributed by atoms with Crippen molar-refractivity contribution >= 4 is 33.3 Å². The van der Waals surface area contributed by atoms with Crippen molar-refractivity contribution in [3.8, 4) is 0 Å². The molecular formula is C11H19BrN4S. The SMILES string of the molecule is CCCNC(=S)N(C)Cc1nn(CC)cc1Br. The molecule has 96 valence electrons. The van der Waals surface area contributed by atoms with Gasteiger partial charge < -0.3 is 10.2 Å². The maximum absolute atomic E-state index is 5.28. The van der Waals surface area contributed by atoms with Gasteiger partial charge in [-0.3, -0.25) is 4.68 Å². The summed E-state index contributed by atoms with van der Waals surface area (Å²) in [6.45, 7) is 6.69. The van der Waals surface area contributed by atoms with Gasteiger partial charge in [-0.2, -0.15) is 5.10 Å². The summed E-state index contributed by atoms with van der Waals surface area (Å²) in [6, 6.07) is 0. The molecule has 0 fully saturated rings. The predicted octanol–water partition coefficient (Wildman–Crippen LogP) is 2.38. The minimum atomic E-state index is 0.711. The van der Waals surface area contributed by atoms with Crippen molar-refractivity contribution in [3.63, 3.8) is 0 Å². The van der Waals surface area contributed by atoms with Crippen molar-refractivity contribution in [2.75, 3.05) is 13.6 Å². The quantitative estimate of drug-likeness (QED) is 0.845. The highest BCUT2D eigenvalue weighted by atomic mass is 79.9. The van der Waals surface area contributed by atoms with Gasteiger partial charge in [-0.15, -0.1) is 0 Å². The Morgan fingerprint density at radius 1 is 1.59 bits per heavy atom. The minimum absolute atomic E-state index is 0.711. The molecule has 17 heavy (non-hydrogen) atoms. The highest BCUT2D eigenvalue weighted by Crippen LogP contribution is 2.16. The summed E-state index contributed by atoms with van der Waals surface area (Å²) in [4.78, 5) is 2.00. The Morgan fingerprint density at radius 3 is 2.82 bits per heavy atom. The van der Waals surface area contributed by atoms with Crippen LogP contribution in [-0.4, -0.2) is 33.4 Å². The topological polar surface area (TPSA) is 33.1 Å². The molecule has 4 nitrogen and oxygen atoms in total. The molecule has 0 aliphatic rings. The highest BCUT2D eigenvalue weighted by Gasteiger charge is 2.10. The number of hydrogen-bond donors (Lipinski definition) is 1. The van der Waals surface area contributed by atoms with Crippen LogP contribution in [0.5, 0.6) is 0 Å². The van der Waals surface area contributed by atoms with E-state index in [1.807, 2.05) is 22.8 Å². The molecule has 0 saturated carbocycles. The van der Waals surface area contributed by atoms with E-state index < -0.39 is 0 Å². The van der Waals surface area contributed by atoms with Gasteiger partial charge in [-0.1, -0.05) is 6.92 Å². The molecule has 1 rings (SSSR count). The molecule has 0 unspecified atom stereocenters. The van der Waals surface area contributed by atoms with E-state index >= 15 is 0 Å². The summed E-state index contributed by atoms with van der Waals surface area (Å²) in [7, 11) is 1.97. The van der Waals surface area contributed by atoms with Gasteiger partial charge in [0, 0.05) is 26.3 Å². The van der Waals surface area contributed by atoms with Crippen molar-refractivity contribution in [1.82, 2.24) is 20.0 Å². The lowest BCUT2D eigenvalue weighted by atomic mass is 10.4. The summed E-state index contributed by atoms with van der Waals surface area (Å²) >= 11 is 8.80. The molecule has 1 heterocycles. The highest BCUT2D eigenvalue weighted by molar-refractivity contribution is 9.10. The fourth-order valence-corrected chi connectivity index (χ4v) is 1.98. The molecule has 0 bridgehead atoms. The average Bonchev–Trinajstić information content (AvgIpc) is 2.67. The van der Waals surface area contributed by atoms with Crippen molar-refractivity contribution in [2.24, 2.45) is 0 Å². The zero-order valence-electron chi connectivity index (χ0n) is 10.5. The summed E-state index contributed by atoms with van der Waals surface area (Å²) in [5.74, 6) is 0. The standard InChI is InChI=1S/C11H19BrN4S/c1-4-6-13-11(17)15(3)8-10-9(12)7-16(5-2)14-10/h7H,4-6,8H2,1-3H3,(H,13,17). The van der Waals surface area contributed by atoms with E-state index in [0.717, 1.165) is 34.8 Å². The van der Waals surface area contributed by atoms with Crippen LogP contribution in [0.3, 0.4) is 0 Å². The Bertz CT molecular complexity index is 378. The number of aryl methyl sites for hydroxylation is 1. The molecule has 1 aromatic heterocycles. The monoisotopic (exact) mass is 318 g/mol. The van der Waals surface area contributed by atoms with Gasteiger partial charge in [0.25, 0.3) is 0 Å². The maximum Gasteiger partial charge on any atom is 0.169 e. The summed E-state index contributed by atoms with van der Waals surface area (Å²) in [6.07, 6.45) is 3.06. The lowest BCUT2D eigenvalue weighted by Crippen LogP contribution is -2.37. The van der Waals surface area contributed by atoms with Crippen LogP contribution in [0.15, 0.2) is 10.7 Å². The van der Waals surface area contributed by atoms with Gasteiger partial charge in [-0.05, 0) is 41.5 Å². The lowest BCUT2D eigenvalue weighted by Gasteiger charge is -2.19. The van der Waals surface area contributed by atoms with Crippen LogP contribution in [-0.2, 0) is 13.1 Å². The Labute approximate surface area is 116 Å². The maximum atomic E-state index is 5.28. The molecule has 0 aliphatic carbocycles. The lowest BCUT2D eigenvalue weighted by molar-refractivity contribution is 0.474. The normalized spacial score (nSPS) is 10.4. The van der Waals surface area contributed by atoms with Gasteiger partial charge in [0.1, 0.15) is 0 Å². The second kappa shape index (κ2) is 6.96. The number of thiocarbonyl (C=S) groups is 1. The van der Waals surface area contributed by atoms with E-state index in [0.29, 0.717) is 6.54 Å². The van der Waals surface area contributed by atoms with Gasteiger partial charge in [0.15, 0.2) is 5.11 Å². The molecule has 0 aromatic carbocycles. The first kappa shape index (κ1) is 14.4.